The topological polar surface area (TPSA) is 66.6 Å². The summed E-state index contributed by atoms with van der Waals surface area (Å²) in [5.74, 6) is 0. The van der Waals surface area contributed by atoms with Crippen LogP contribution in [0.25, 0.3) is 0 Å². The highest BCUT2D eigenvalue weighted by atomic mass is 79.9. The van der Waals surface area contributed by atoms with E-state index in [0.29, 0.717) is 30.9 Å². The molecule has 5 nitrogen and oxygen atoms in total. The van der Waals surface area contributed by atoms with E-state index < -0.39 is 10.0 Å². The Morgan fingerprint density at radius 2 is 1.95 bits per heavy atom. The molecule has 0 aliphatic carbocycles. The normalized spacial score (nSPS) is 27.7. The van der Waals surface area contributed by atoms with Gasteiger partial charge in [0.25, 0.3) is 0 Å². The Morgan fingerprint density at radius 3 is 2.71 bits per heavy atom. The number of halogens is 1. The monoisotopic (exact) mass is 373 g/mol. The molecule has 0 saturated carbocycles. The number of benzene rings is 1. The lowest BCUT2D eigenvalue weighted by atomic mass is 10.1. The number of nitrogen functional groups attached to an aromatic ring is 1. The molecule has 2 atom stereocenters. The maximum Gasteiger partial charge on any atom is 0.245 e. The molecule has 2 aliphatic heterocycles. The van der Waals surface area contributed by atoms with Crippen LogP contribution in [-0.4, -0.2) is 49.8 Å². The van der Waals surface area contributed by atoms with Crippen molar-refractivity contribution in [3.05, 3.63) is 22.7 Å². The molecule has 0 aromatic heterocycles. The number of nitrogens with two attached hydrogens (primary N) is 1. The lowest BCUT2D eigenvalue weighted by Gasteiger charge is -2.25. The van der Waals surface area contributed by atoms with Gasteiger partial charge in [0.05, 0.1) is 5.69 Å². The van der Waals surface area contributed by atoms with E-state index in [1.807, 2.05) is 0 Å². The summed E-state index contributed by atoms with van der Waals surface area (Å²) in [5.41, 5.74) is 6.19. The fourth-order valence-electron chi connectivity index (χ4n) is 3.37. The molecule has 0 radical (unpaired) electrons. The molecule has 2 saturated heterocycles. The van der Waals surface area contributed by atoms with Gasteiger partial charge in [-0.1, -0.05) is 15.9 Å². The highest BCUT2D eigenvalue weighted by Crippen LogP contribution is 2.32. The number of likely N-dealkylation sites (N-methyl/N-ethyl adjacent to an activating group) is 1. The van der Waals surface area contributed by atoms with Gasteiger partial charge >= 0.3 is 0 Å². The summed E-state index contributed by atoms with van der Waals surface area (Å²) in [5, 5.41) is 0. The van der Waals surface area contributed by atoms with Gasteiger partial charge < -0.3 is 5.73 Å². The Labute approximate surface area is 134 Å². The molecule has 21 heavy (non-hydrogen) atoms. The lowest BCUT2D eigenvalue weighted by molar-refractivity contribution is 0.246. The number of fused-ring (bicyclic) bond motifs is 2. The molecule has 0 amide bonds. The molecule has 2 unspecified atom stereocenters. The first-order chi connectivity index (χ1) is 9.89. The molecule has 2 heterocycles. The number of anilines is 1. The molecule has 1 aromatic rings. The van der Waals surface area contributed by atoms with Crippen molar-refractivity contribution < 1.29 is 8.42 Å². The first kappa shape index (κ1) is 15.3. The first-order valence-corrected chi connectivity index (χ1v) is 9.40. The minimum atomic E-state index is -3.53. The molecule has 0 spiro atoms. The number of sulfonamides is 1. The molecular formula is C14H20BrN3O2S. The van der Waals surface area contributed by atoms with Crippen molar-refractivity contribution in [2.75, 3.05) is 25.9 Å². The summed E-state index contributed by atoms with van der Waals surface area (Å²) in [6, 6.07) is 5.81. The summed E-state index contributed by atoms with van der Waals surface area (Å²) in [4.78, 5) is 2.54. The Hall–Kier alpha value is -0.630. The smallest absolute Gasteiger partial charge is 0.245 e. The molecule has 2 fully saturated rings. The van der Waals surface area contributed by atoms with E-state index in [-0.39, 0.29) is 4.90 Å². The second kappa shape index (κ2) is 5.53. The highest BCUT2D eigenvalue weighted by molar-refractivity contribution is 9.10. The molecule has 3 rings (SSSR count). The van der Waals surface area contributed by atoms with Crippen LogP contribution in [0.5, 0.6) is 0 Å². The summed E-state index contributed by atoms with van der Waals surface area (Å²) < 4.78 is 28.1. The van der Waals surface area contributed by atoms with Crippen molar-refractivity contribution in [1.29, 1.82) is 0 Å². The first-order valence-electron chi connectivity index (χ1n) is 7.16. The van der Waals surface area contributed by atoms with Crippen LogP contribution in [0.1, 0.15) is 19.3 Å². The van der Waals surface area contributed by atoms with Gasteiger partial charge in [-0.3, -0.25) is 4.90 Å². The van der Waals surface area contributed by atoms with E-state index in [2.05, 4.69) is 27.9 Å². The standard InChI is InChI=1S/C14H20BrN3O2S/c1-17-11-3-4-12(17)9-18(7-6-11)21(19,20)14-8-10(15)2-5-13(14)16/h2,5,8,11-12H,3-4,6-7,9,16H2,1H3. The van der Waals surface area contributed by atoms with Gasteiger partial charge in [-0.25, -0.2) is 8.42 Å². The van der Waals surface area contributed by atoms with Gasteiger partial charge in [-0.2, -0.15) is 4.31 Å². The maximum atomic E-state index is 12.9. The fourth-order valence-corrected chi connectivity index (χ4v) is 5.51. The minimum absolute atomic E-state index is 0.206. The number of nitrogens with zero attached hydrogens (tertiary/aromatic N) is 2. The second-order valence-electron chi connectivity index (χ2n) is 5.88. The van der Waals surface area contributed by atoms with E-state index in [4.69, 9.17) is 5.73 Å². The van der Waals surface area contributed by atoms with Crippen LogP contribution >= 0.6 is 15.9 Å². The van der Waals surface area contributed by atoms with Gasteiger partial charge in [-0.15, -0.1) is 0 Å². The summed E-state index contributed by atoms with van der Waals surface area (Å²) in [6.45, 7) is 1.13. The third-order valence-electron chi connectivity index (χ3n) is 4.70. The van der Waals surface area contributed by atoms with Crippen LogP contribution in [-0.2, 0) is 10.0 Å². The van der Waals surface area contributed by atoms with Crippen LogP contribution in [0.15, 0.2) is 27.6 Å². The predicted octanol–water partition coefficient (Wildman–Crippen LogP) is 1.89. The van der Waals surface area contributed by atoms with Crippen molar-refractivity contribution in [1.82, 2.24) is 9.21 Å². The quantitative estimate of drug-likeness (QED) is 0.803. The van der Waals surface area contributed by atoms with Gasteiger partial charge in [-0.05, 0) is 44.5 Å². The van der Waals surface area contributed by atoms with E-state index in [0.717, 1.165) is 17.3 Å². The Morgan fingerprint density at radius 1 is 1.24 bits per heavy atom. The SMILES string of the molecule is CN1C2CCC1CN(S(=O)(=O)c1cc(Br)ccc1N)CC2. The lowest BCUT2D eigenvalue weighted by Crippen LogP contribution is -2.39. The zero-order valence-electron chi connectivity index (χ0n) is 12.0. The Bertz CT molecular complexity index is 650. The average Bonchev–Trinajstić information content (AvgIpc) is 2.65. The van der Waals surface area contributed by atoms with Crippen LogP contribution in [0, 0.1) is 0 Å². The van der Waals surface area contributed by atoms with Crippen LogP contribution in [0.3, 0.4) is 0 Å². The molecule has 7 heteroatoms. The molecule has 2 aliphatic rings. The zero-order chi connectivity index (χ0) is 15.2. The Balaban J connectivity index is 1.93. The van der Waals surface area contributed by atoms with Crippen molar-refractivity contribution in [3.8, 4) is 0 Å². The summed E-state index contributed by atoms with van der Waals surface area (Å²) in [7, 11) is -1.43. The molecule has 1 aromatic carbocycles. The van der Waals surface area contributed by atoms with Crippen LogP contribution < -0.4 is 5.73 Å². The number of hydrogen-bond acceptors (Lipinski definition) is 4. The largest absolute Gasteiger partial charge is 0.398 e. The van der Waals surface area contributed by atoms with E-state index >= 15 is 0 Å². The summed E-state index contributed by atoms with van der Waals surface area (Å²) >= 11 is 3.32. The van der Waals surface area contributed by atoms with Gasteiger partial charge in [0, 0.05) is 29.6 Å². The minimum Gasteiger partial charge on any atom is -0.398 e. The van der Waals surface area contributed by atoms with Crippen molar-refractivity contribution >= 4 is 31.6 Å². The predicted molar refractivity (Wildman–Crippen MR) is 86.5 cm³/mol. The van der Waals surface area contributed by atoms with Gasteiger partial charge in [0.1, 0.15) is 4.90 Å². The fraction of sp³-hybridized carbons (Fsp3) is 0.571. The maximum absolute atomic E-state index is 12.9. The number of hydrogen-bond donors (Lipinski definition) is 1. The molecule has 2 N–H and O–H groups in total. The third-order valence-corrected chi connectivity index (χ3v) is 7.12. The van der Waals surface area contributed by atoms with E-state index in [1.165, 1.54) is 6.42 Å². The van der Waals surface area contributed by atoms with Crippen LogP contribution in [0.2, 0.25) is 0 Å². The van der Waals surface area contributed by atoms with Crippen molar-refractivity contribution in [3.63, 3.8) is 0 Å². The van der Waals surface area contributed by atoms with Gasteiger partial charge in [0.15, 0.2) is 0 Å². The van der Waals surface area contributed by atoms with Crippen LogP contribution in [0.4, 0.5) is 5.69 Å². The van der Waals surface area contributed by atoms with E-state index in [1.54, 1.807) is 22.5 Å². The number of rotatable bonds is 2. The van der Waals surface area contributed by atoms with Crippen molar-refractivity contribution in [2.24, 2.45) is 0 Å². The second-order valence-corrected chi connectivity index (χ2v) is 8.71. The van der Waals surface area contributed by atoms with Crippen molar-refractivity contribution in [2.45, 2.75) is 36.2 Å². The third kappa shape index (κ3) is 2.72. The average molecular weight is 374 g/mol. The highest BCUT2D eigenvalue weighted by Gasteiger charge is 2.39. The molecular weight excluding hydrogens is 354 g/mol. The molecule has 2 bridgehead atoms. The Kier molecular flexibility index (Phi) is 4.02. The zero-order valence-corrected chi connectivity index (χ0v) is 14.4. The summed E-state index contributed by atoms with van der Waals surface area (Å²) in [6.07, 6.45) is 3.13. The van der Waals surface area contributed by atoms with E-state index in [9.17, 15) is 8.42 Å². The molecule has 116 valence electrons. The van der Waals surface area contributed by atoms with Gasteiger partial charge in [0.2, 0.25) is 10.0 Å².